The third kappa shape index (κ3) is 3.44. The smallest absolute Gasteiger partial charge is 0.256 e. The van der Waals surface area contributed by atoms with Gasteiger partial charge >= 0.3 is 0 Å². The topological polar surface area (TPSA) is 61.0 Å². The molecule has 3 aromatic heterocycles. The highest BCUT2D eigenvalue weighted by Gasteiger charge is 2.24. The Balaban J connectivity index is 1.30. The van der Waals surface area contributed by atoms with Crippen molar-refractivity contribution in [1.29, 1.82) is 0 Å². The van der Waals surface area contributed by atoms with Gasteiger partial charge in [-0.05, 0) is 18.2 Å². The fraction of sp³-hybridized carbons (Fsp3) is 0.381. The minimum Gasteiger partial charge on any atom is -0.490 e. The highest BCUT2D eigenvalue weighted by molar-refractivity contribution is 5.87. The number of alkyl halides is 2. The molecule has 4 heterocycles. The summed E-state index contributed by atoms with van der Waals surface area (Å²) in [6.07, 6.45) is 4.56. The van der Waals surface area contributed by atoms with Crippen molar-refractivity contribution in [2.45, 2.75) is 31.9 Å². The van der Waals surface area contributed by atoms with Crippen molar-refractivity contribution >= 4 is 27.8 Å². The van der Waals surface area contributed by atoms with Crippen LogP contribution < -0.4 is 9.64 Å². The summed E-state index contributed by atoms with van der Waals surface area (Å²) >= 11 is 0. The number of aryl methyl sites for hydroxylation is 1. The van der Waals surface area contributed by atoms with E-state index in [2.05, 4.69) is 20.0 Å². The van der Waals surface area contributed by atoms with Crippen molar-refractivity contribution in [1.82, 2.24) is 24.3 Å². The number of aromatic nitrogens is 5. The van der Waals surface area contributed by atoms with Gasteiger partial charge in [0.1, 0.15) is 24.0 Å². The Hall–Kier alpha value is -3.23. The van der Waals surface area contributed by atoms with Gasteiger partial charge in [0.05, 0.1) is 17.4 Å². The standard InChI is InChI=1S/C21H22F2N6O/c1-27-11-16-20(26-27)24-13-25-21(16)28-8-5-14(6-9-28)30-18-4-2-3-17-15(18)7-10-29(17)12-19(22)23/h2-4,7,10-11,13-14,19H,5-6,8-9,12H2,1H3. The molecule has 0 N–H and O–H groups in total. The summed E-state index contributed by atoms with van der Waals surface area (Å²) in [5, 5.41) is 6.17. The van der Waals surface area contributed by atoms with Gasteiger partial charge in [-0.2, -0.15) is 5.10 Å². The van der Waals surface area contributed by atoms with Crippen molar-refractivity contribution in [3.8, 4) is 5.75 Å². The molecule has 1 aliphatic rings. The number of benzene rings is 1. The molecule has 156 valence electrons. The highest BCUT2D eigenvalue weighted by Crippen LogP contribution is 2.31. The van der Waals surface area contributed by atoms with Crippen LogP contribution in [0.1, 0.15) is 12.8 Å². The van der Waals surface area contributed by atoms with Gasteiger partial charge in [-0.3, -0.25) is 4.68 Å². The van der Waals surface area contributed by atoms with Gasteiger partial charge in [-0.15, -0.1) is 0 Å². The molecule has 1 fully saturated rings. The Kier molecular flexibility index (Phi) is 4.72. The second-order valence-corrected chi connectivity index (χ2v) is 7.59. The summed E-state index contributed by atoms with van der Waals surface area (Å²) in [5.41, 5.74) is 1.46. The minimum atomic E-state index is -2.39. The summed E-state index contributed by atoms with van der Waals surface area (Å²) in [6.45, 7) is 1.31. The monoisotopic (exact) mass is 412 g/mol. The van der Waals surface area contributed by atoms with Crippen LogP contribution in [0.5, 0.6) is 5.75 Å². The lowest BCUT2D eigenvalue weighted by molar-refractivity contribution is 0.128. The van der Waals surface area contributed by atoms with Crippen LogP contribution in [0.2, 0.25) is 0 Å². The first-order chi connectivity index (χ1) is 14.6. The van der Waals surface area contributed by atoms with Gasteiger partial charge in [0.25, 0.3) is 6.43 Å². The first-order valence-corrected chi connectivity index (χ1v) is 10.0. The molecule has 0 unspecified atom stereocenters. The SMILES string of the molecule is Cn1cc2c(N3CCC(Oc4cccc5c4ccn5CC(F)F)CC3)ncnc2n1. The quantitative estimate of drug-likeness (QED) is 0.501. The van der Waals surface area contributed by atoms with Crippen LogP contribution in [0.15, 0.2) is 43.0 Å². The molecular formula is C21H22F2N6O. The Bertz CT molecular complexity index is 1180. The third-order valence-electron chi connectivity index (χ3n) is 5.55. The van der Waals surface area contributed by atoms with E-state index in [1.54, 1.807) is 21.8 Å². The lowest BCUT2D eigenvalue weighted by Crippen LogP contribution is -2.38. The number of fused-ring (bicyclic) bond motifs is 2. The van der Waals surface area contributed by atoms with E-state index in [0.717, 1.165) is 53.8 Å². The van der Waals surface area contributed by atoms with Gasteiger partial charge in [-0.1, -0.05) is 6.07 Å². The van der Waals surface area contributed by atoms with Gasteiger partial charge in [0, 0.05) is 50.8 Å². The number of halogens is 2. The first kappa shape index (κ1) is 18.8. The molecule has 5 rings (SSSR count). The summed E-state index contributed by atoms with van der Waals surface area (Å²) in [7, 11) is 1.88. The van der Waals surface area contributed by atoms with Gasteiger partial charge in [0.15, 0.2) is 5.65 Å². The molecule has 0 aliphatic carbocycles. The molecule has 4 aromatic rings. The van der Waals surface area contributed by atoms with Gasteiger partial charge in [0.2, 0.25) is 0 Å². The van der Waals surface area contributed by atoms with Crippen molar-refractivity contribution in [2.75, 3.05) is 18.0 Å². The number of nitrogens with zero attached hydrogens (tertiary/aromatic N) is 6. The zero-order valence-corrected chi connectivity index (χ0v) is 16.6. The van der Waals surface area contributed by atoms with E-state index in [-0.39, 0.29) is 12.6 Å². The van der Waals surface area contributed by atoms with Crippen LogP contribution in [-0.2, 0) is 13.6 Å². The maximum atomic E-state index is 12.8. The Labute approximate surface area is 171 Å². The maximum absolute atomic E-state index is 12.8. The molecule has 0 bridgehead atoms. The summed E-state index contributed by atoms with van der Waals surface area (Å²) in [6, 6.07) is 7.46. The molecule has 1 saturated heterocycles. The lowest BCUT2D eigenvalue weighted by Gasteiger charge is -2.33. The minimum absolute atomic E-state index is 0.0662. The van der Waals surface area contributed by atoms with Crippen molar-refractivity contribution < 1.29 is 13.5 Å². The van der Waals surface area contributed by atoms with E-state index in [9.17, 15) is 8.78 Å². The molecule has 0 atom stereocenters. The van der Waals surface area contributed by atoms with E-state index >= 15 is 0 Å². The van der Waals surface area contributed by atoms with Crippen molar-refractivity contribution in [2.24, 2.45) is 7.05 Å². The summed E-state index contributed by atoms with van der Waals surface area (Å²) < 4.78 is 35.2. The third-order valence-corrected chi connectivity index (χ3v) is 5.55. The van der Waals surface area contributed by atoms with E-state index in [4.69, 9.17) is 4.74 Å². The number of anilines is 1. The first-order valence-electron chi connectivity index (χ1n) is 10.0. The molecule has 0 amide bonds. The zero-order valence-electron chi connectivity index (χ0n) is 16.6. The predicted octanol–water partition coefficient (Wildman–Crippen LogP) is 3.63. The number of hydrogen-bond acceptors (Lipinski definition) is 5. The molecule has 1 aromatic carbocycles. The van der Waals surface area contributed by atoms with Crippen LogP contribution in [0, 0.1) is 0 Å². The summed E-state index contributed by atoms with van der Waals surface area (Å²) in [5.74, 6) is 1.65. The average Bonchev–Trinajstić information content (AvgIpc) is 3.31. The number of ether oxygens (including phenoxy) is 1. The Morgan fingerprint density at radius 3 is 2.77 bits per heavy atom. The zero-order chi connectivity index (χ0) is 20.7. The molecule has 0 radical (unpaired) electrons. The summed E-state index contributed by atoms with van der Waals surface area (Å²) in [4.78, 5) is 11.0. The largest absolute Gasteiger partial charge is 0.490 e. The molecule has 0 saturated carbocycles. The molecule has 7 nitrogen and oxygen atoms in total. The second kappa shape index (κ2) is 7.55. The molecule has 1 aliphatic heterocycles. The van der Waals surface area contributed by atoms with Gasteiger partial charge < -0.3 is 14.2 Å². The van der Waals surface area contributed by atoms with Crippen LogP contribution in [-0.4, -0.2) is 49.9 Å². The van der Waals surface area contributed by atoms with E-state index in [0.29, 0.717) is 5.65 Å². The van der Waals surface area contributed by atoms with Crippen LogP contribution in [0.25, 0.3) is 21.9 Å². The van der Waals surface area contributed by atoms with Gasteiger partial charge in [-0.25, -0.2) is 18.7 Å². The van der Waals surface area contributed by atoms with Crippen molar-refractivity contribution in [3.05, 3.63) is 43.0 Å². The van der Waals surface area contributed by atoms with Crippen LogP contribution >= 0.6 is 0 Å². The molecule has 0 spiro atoms. The average molecular weight is 412 g/mol. The Morgan fingerprint density at radius 1 is 1.13 bits per heavy atom. The maximum Gasteiger partial charge on any atom is 0.256 e. The van der Waals surface area contributed by atoms with E-state index in [1.165, 1.54) is 0 Å². The molecule has 9 heteroatoms. The van der Waals surface area contributed by atoms with Crippen molar-refractivity contribution in [3.63, 3.8) is 0 Å². The number of piperidine rings is 1. The molecule has 30 heavy (non-hydrogen) atoms. The highest BCUT2D eigenvalue weighted by atomic mass is 19.3. The lowest BCUT2D eigenvalue weighted by atomic mass is 10.1. The fourth-order valence-corrected chi connectivity index (χ4v) is 4.16. The fourth-order valence-electron chi connectivity index (χ4n) is 4.16. The van der Waals surface area contributed by atoms with Crippen LogP contribution in [0.4, 0.5) is 14.6 Å². The van der Waals surface area contributed by atoms with E-state index in [1.807, 2.05) is 37.5 Å². The second-order valence-electron chi connectivity index (χ2n) is 7.59. The molecular weight excluding hydrogens is 390 g/mol. The number of hydrogen-bond donors (Lipinski definition) is 0. The Morgan fingerprint density at radius 2 is 1.97 bits per heavy atom. The van der Waals surface area contributed by atoms with E-state index < -0.39 is 6.43 Å². The number of rotatable bonds is 5. The van der Waals surface area contributed by atoms with Crippen LogP contribution in [0.3, 0.4) is 0 Å². The normalized spacial score (nSPS) is 15.5. The predicted molar refractivity (Wildman–Crippen MR) is 110 cm³/mol.